The molecule has 1 atom stereocenters. The summed E-state index contributed by atoms with van der Waals surface area (Å²) >= 11 is 0. The van der Waals surface area contributed by atoms with Crippen LogP contribution < -0.4 is 0 Å². The van der Waals surface area contributed by atoms with Crippen molar-refractivity contribution in [1.82, 2.24) is 0 Å². The minimum absolute atomic E-state index is 0.144. The Morgan fingerprint density at radius 1 is 0.714 bits per heavy atom. The smallest absolute Gasteiger partial charge is 0.309 e. The standard InChI is InChI=1S/C31H56O4/c1-3-5-6-7-8-9-10-11-12-13-14-15-16-17-18-19-20-21-22-23-24-25-26-29(28-30(32)33)31(34)35-27-4-2/h4,12-13,29H,2-3,5-11,14-28H2,1H3,(H,32,33)/b13-12+. The van der Waals surface area contributed by atoms with Crippen LogP contribution in [0.4, 0.5) is 0 Å². The van der Waals surface area contributed by atoms with Crippen molar-refractivity contribution in [3.63, 3.8) is 0 Å². The van der Waals surface area contributed by atoms with Crippen molar-refractivity contribution in [3.05, 3.63) is 24.8 Å². The fourth-order valence-electron chi connectivity index (χ4n) is 4.47. The number of rotatable bonds is 27. The van der Waals surface area contributed by atoms with Crippen LogP contribution in [-0.4, -0.2) is 23.7 Å². The molecule has 0 aromatic heterocycles. The largest absolute Gasteiger partial charge is 0.481 e. The third-order valence-electron chi connectivity index (χ3n) is 6.66. The predicted octanol–water partition coefficient (Wildman–Crippen LogP) is 9.57. The van der Waals surface area contributed by atoms with Crippen molar-refractivity contribution < 1.29 is 19.4 Å². The molecule has 4 heteroatoms. The van der Waals surface area contributed by atoms with Crippen LogP contribution in [0.2, 0.25) is 0 Å². The fraction of sp³-hybridized carbons (Fsp3) is 0.806. The van der Waals surface area contributed by atoms with Crippen LogP contribution in [0.15, 0.2) is 24.8 Å². The maximum absolute atomic E-state index is 11.9. The van der Waals surface area contributed by atoms with Crippen LogP contribution in [0.5, 0.6) is 0 Å². The Bertz CT molecular complexity index is 526. The highest BCUT2D eigenvalue weighted by molar-refractivity contribution is 5.79. The van der Waals surface area contributed by atoms with Gasteiger partial charge in [-0.2, -0.15) is 0 Å². The molecule has 0 aromatic carbocycles. The van der Waals surface area contributed by atoms with Crippen molar-refractivity contribution in [2.75, 3.05) is 6.61 Å². The molecular weight excluding hydrogens is 436 g/mol. The van der Waals surface area contributed by atoms with Gasteiger partial charge >= 0.3 is 11.9 Å². The summed E-state index contributed by atoms with van der Waals surface area (Å²) in [5.41, 5.74) is 0. The molecule has 0 aromatic rings. The lowest BCUT2D eigenvalue weighted by Gasteiger charge is -2.13. The second kappa shape index (κ2) is 27.0. The zero-order valence-corrected chi connectivity index (χ0v) is 23.0. The summed E-state index contributed by atoms with van der Waals surface area (Å²) in [4.78, 5) is 22.9. The van der Waals surface area contributed by atoms with Crippen molar-refractivity contribution in [2.24, 2.45) is 5.92 Å². The molecule has 0 aliphatic heterocycles. The van der Waals surface area contributed by atoms with E-state index in [2.05, 4.69) is 25.7 Å². The first-order valence-electron chi connectivity index (χ1n) is 14.8. The molecule has 0 fully saturated rings. The highest BCUT2D eigenvalue weighted by Gasteiger charge is 2.22. The zero-order chi connectivity index (χ0) is 25.8. The number of carbonyl (C=O) groups is 2. The Balaban J connectivity index is 3.42. The highest BCUT2D eigenvalue weighted by atomic mass is 16.5. The number of esters is 1. The van der Waals surface area contributed by atoms with Crippen LogP contribution in [0, 0.1) is 5.92 Å². The van der Waals surface area contributed by atoms with E-state index in [4.69, 9.17) is 9.84 Å². The molecule has 35 heavy (non-hydrogen) atoms. The Morgan fingerprint density at radius 3 is 1.57 bits per heavy atom. The van der Waals surface area contributed by atoms with Gasteiger partial charge < -0.3 is 9.84 Å². The van der Waals surface area contributed by atoms with Gasteiger partial charge in [0.2, 0.25) is 0 Å². The maximum atomic E-state index is 11.9. The lowest BCUT2D eigenvalue weighted by molar-refractivity contribution is -0.152. The van der Waals surface area contributed by atoms with Crippen LogP contribution in [-0.2, 0) is 14.3 Å². The summed E-state index contributed by atoms with van der Waals surface area (Å²) in [7, 11) is 0. The number of aliphatic carboxylic acids is 1. The van der Waals surface area contributed by atoms with Gasteiger partial charge in [-0.25, -0.2) is 0 Å². The van der Waals surface area contributed by atoms with E-state index in [1.807, 2.05) is 0 Å². The number of hydrogen-bond donors (Lipinski definition) is 1. The molecule has 0 bridgehead atoms. The average molecular weight is 493 g/mol. The number of carboxylic acids is 1. The molecule has 0 amide bonds. The summed E-state index contributed by atoms with van der Waals surface area (Å²) < 4.78 is 5.03. The summed E-state index contributed by atoms with van der Waals surface area (Å²) in [6.45, 7) is 5.94. The molecule has 0 spiro atoms. The van der Waals surface area contributed by atoms with Crippen LogP contribution in [0.1, 0.15) is 148 Å². The Labute approximate surface area is 217 Å². The molecule has 0 radical (unpaired) electrons. The summed E-state index contributed by atoms with van der Waals surface area (Å²) in [5.74, 6) is -1.89. The Kier molecular flexibility index (Phi) is 25.8. The lowest BCUT2D eigenvalue weighted by atomic mass is 9.97. The van der Waals surface area contributed by atoms with Gasteiger partial charge in [0.15, 0.2) is 0 Å². The summed E-state index contributed by atoms with van der Waals surface area (Å²) in [5, 5.41) is 9.00. The third-order valence-corrected chi connectivity index (χ3v) is 6.66. The van der Waals surface area contributed by atoms with E-state index in [1.54, 1.807) is 0 Å². The minimum atomic E-state index is -0.944. The van der Waals surface area contributed by atoms with Gasteiger partial charge in [0, 0.05) is 0 Å². The summed E-state index contributed by atoms with van der Waals surface area (Å²) in [6.07, 6.45) is 32.7. The van der Waals surface area contributed by atoms with E-state index in [1.165, 1.54) is 115 Å². The van der Waals surface area contributed by atoms with E-state index in [0.29, 0.717) is 6.42 Å². The van der Waals surface area contributed by atoms with E-state index < -0.39 is 17.9 Å². The lowest BCUT2D eigenvalue weighted by Crippen LogP contribution is -2.21. The third kappa shape index (κ3) is 25.3. The molecule has 1 N–H and O–H groups in total. The van der Waals surface area contributed by atoms with Gasteiger partial charge in [0.25, 0.3) is 0 Å². The number of carbonyl (C=O) groups excluding carboxylic acids is 1. The monoisotopic (exact) mass is 492 g/mol. The number of unbranched alkanes of at least 4 members (excludes halogenated alkanes) is 18. The Hall–Kier alpha value is -1.58. The predicted molar refractivity (Wildman–Crippen MR) is 149 cm³/mol. The molecule has 4 nitrogen and oxygen atoms in total. The van der Waals surface area contributed by atoms with Gasteiger partial charge in [-0.1, -0.05) is 134 Å². The first kappa shape index (κ1) is 33.4. The second-order valence-corrected chi connectivity index (χ2v) is 10.1. The van der Waals surface area contributed by atoms with Gasteiger partial charge in [-0.15, -0.1) is 0 Å². The van der Waals surface area contributed by atoms with E-state index in [9.17, 15) is 9.59 Å². The quantitative estimate of drug-likeness (QED) is 0.0704. The van der Waals surface area contributed by atoms with E-state index >= 15 is 0 Å². The number of carboxylic acid groups (broad SMARTS) is 1. The zero-order valence-electron chi connectivity index (χ0n) is 23.0. The SMILES string of the molecule is C=CCOC(=O)C(CCCCCCCCCCCCC/C=C/CCCCCCCCC)CC(=O)O. The molecule has 0 aliphatic rings. The highest BCUT2D eigenvalue weighted by Crippen LogP contribution is 2.18. The van der Waals surface area contributed by atoms with Crippen LogP contribution in [0.25, 0.3) is 0 Å². The molecule has 204 valence electrons. The van der Waals surface area contributed by atoms with Gasteiger partial charge in [0.1, 0.15) is 6.61 Å². The average Bonchev–Trinajstić information content (AvgIpc) is 2.84. The second-order valence-electron chi connectivity index (χ2n) is 10.1. The number of hydrogen-bond acceptors (Lipinski definition) is 3. The molecule has 0 aliphatic carbocycles. The van der Waals surface area contributed by atoms with Crippen molar-refractivity contribution >= 4 is 11.9 Å². The van der Waals surface area contributed by atoms with Crippen LogP contribution in [0.3, 0.4) is 0 Å². The first-order chi connectivity index (χ1) is 17.1. The van der Waals surface area contributed by atoms with Crippen molar-refractivity contribution in [1.29, 1.82) is 0 Å². The summed E-state index contributed by atoms with van der Waals surface area (Å²) in [6, 6.07) is 0. The minimum Gasteiger partial charge on any atom is -0.481 e. The number of allylic oxidation sites excluding steroid dienone is 2. The van der Waals surface area contributed by atoms with Gasteiger partial charge in [0.05, 0.1) is 12.3 Å². The maximum Gasteiger partial charge on any atom is 0.309 e. The molecular formula is C31H56O4. The molecule has 1 unspecified atom stereocenters. The van der Waals surface area contributed by atoms with Crippen LogP contribution >= 0.6 is 0 Å². The van der Waals surface area contributed by atoms with E-state index in [-0.39, 0.29) is 13.0 Å². The van der Waals surface area contributed by atoms with Crippen molar-refractivity contribution in [3.8, 4) is 0 Å². The Morgan fingerprint density at radius 2 is 1.14 bits per heavy atom. The number of ether oxygens (including phenoxy) is 1. The topological polar surface area (TPSA) is 63.6 Å². The fourth-order valence-corrected chi connectivity index (χ4v) is 4.47. The molecule has 0 saturated heterocycles. The molecule has 0 saturated carbocycles. The first-order valence-corrected chi connectivity index (χ1v) is 14.8. The normalized spacial score (nSPS) is 12.1. The molecule has 0 heterocycles. The van der Waals surface area contributed by atoms with Gasteiger partial charge in [-0.3, -0.25) is 9.59 Å². The van der Waals surface area contributed by atoms with Crippen molar-refractivity contribution in [2.45, 2.75) is 148 Å². The van der Waals surface area contributed by atoms with E-state index in [0.717, 1.165) is 19.3 Å². The molecule has 0 rings (SSSR count). The van der Waals surface area contributed by atoms with Gasteiger partial charge in [-0.05, 0) is 32.1 Å².